The van der Waals surface area contributed by atoms with Gasteiger partial charge in [0, 0.05) is 33.9 Å². The van der Waals surface area contributed by atoms with Crippen molar-refractivity contribution >= 4 is 47.4 Å². The van der Waals surface area contributed by atoms with Gasteiger partial charge in [-0.3, -0.25) is 24.0 Å². The van der Waals surface area contributed by atoms with Crippen molar-refractivity contribution in [2.24, 2.45) is 5.92 Å². The van der Waals surface area contributed by atoms with Crippen LogP contribution in [-0.4, -0.2) is 77.9 Å². The second-order valence-electron chi connectivity index (χ2n) is 11.7. The zero-order valence-corrected chi connectivity index (χ0v) is 28.1. The average molecular weight is 710 g/mol. The molecule has 1 aliphatic heterocycles. The zero-order valence-electron chi connectivity index (χ0n) is 26.6. The molecule has 49 heavy (non-hydrogen) atoms. The lowest BCUT2D eigenvalue weighted by molar-refractivity contribution is -0.182. The van der Waals surface area contributed by atoms with E-state index in [9.17, 15) is 14.4 Å². The molecule has 1 saturated carbocycles. The number of nitrogens with zero attached hydrogens (tertiary/aromatic N) is 4. The SMILES string of the molecule is Cc1c(Cl)cccc1OCCOC(=O)N1C[C@@H]2C[C@@H]2c2c(-c3cnn(Cc4cc(OCCON(C=O)CC(=O)O)ccc4Cl)c3)cccc21. The van der Waals surface area contributed by atoms with Crippen LogP contribution in [0.25, 0.3) is 11.1 Å². The van der Waals surface area contributed by atoms with Gasteiger partial charge in [0.25, 0.3) is 0 Å². The molecule has 3 aromatic carbocycles. The number of aromatic nitrogens is 2. The van der Waals surface area contributed by atoms with Gasteiger partial charge in [0.05, 0.1) is 18.4 Å². The number of rotatable bonds is 15. The molecule has 2 heterocycles. The Labute approximate surface area is 292 Å². The lowest BCUT2D eigenvalue weighted by Gasteiger charge is -2.29. The molecule has 6 rings (SSSR count). The third kappa shape index (κ3) is 8.10. The van der Waals surface area contributed by atoms with Crippen LogP contribution in [0.4, 0.5) is 10.5 Å². The second kappa shape index (κ2) is 15.2. The van der Waals surface area contributed by atoms with E-state index in [-0.39, 0.29) is 26.4 Å². The Hall–Kier alpha value is -4.78. The molecule has 256 valence electrons. The van der Waals surface area contributed by atoms with Gasteiger partial charge < -0.3 is 19.3 Å². The Morgan fingerprint density at radius 3 is 2.67 bits per heavy atom. The van der Waals surface area contributed by atoms with Crippen LogP contribution in [0.15, 0.2) is 67.0 Å². The van der Waals surface area contributed by atoms with Crippen LogP contribution in [0, 0.1) is 12.8 Å². The lowest BCUT2D eigenvalue weighted by Crippen LogP contribution is -2.37. The third-order valence-electron chi connectivity index (χ3n) is 8.40. The minimum absolute atomic E-state index is 0.0248. The van der Waals surface area contributed by atoms with Gasteiger partial charge >= 0.3 is 12.1 Å². The summed E-state index contributed by atoms with van der Waals surface area (Å²) in [5, 5.41) is 15.2. The minimum atomic E-state index is -1.19. The van der Waals surface area contributed by atoms with Crippen LogP contribution in [0.5, 0.6) is 11.5 Å². The fourth-order valence-electron chi connectivity index (χ4n) is 5.93. The van der Waals surface area contributed by atoms with Crippen LogP contribution >= 0.6 is 23.2 Å². The van der Waals surface area contributed by atoms with E-state index in [1.54, 1.807) is 40.0 Å². The van der Waals surface area contributed by atoms with Gasteiger partial charge in [-0.15, -0.1) is 0 Å². The topological polar surface area (TPSA) is 133 Å². The number of carbonyl (C=O) groups is 3. The largest absolute Gasteiger partial charge is 0.491 e. The zero-order chi connectivity index (χ0) is 34.5. The summed E-state index contributed by atoms with van der Waals surface area (Å²) in [6, 6.07) is 16.6. The number of amides is 2. The first-order chi connectivity index (χ1) is 23.7. The number of hydroxylamine groups is 2. The summed E-state index contributed by atoms with van der Waals surface area (Å²) in [6.45, 7) is 2.66. The molecule has 4 aromatic rings. The van der Waals surface area contributed by atoms with Gasteiger partial charge in [0.1, 0.15) is 44.5 Å². The van der Waals surface area contributed by atoms with E-state index in [0.717, 1.165) is 39.9 Å². The Morgan fingerprint density at radius 2 is 1.86 bits per heavy atom. The number of aliphatic carboxylic acids is 1. The first-order valence-corrected chi connectivity index (χ1v) is 16.4. The van der Waals surface area contributed by atoms with Gasteiger partial charge in [0.15, 0.2) is 0 Å². The van der Waals surface area contributed by atoms with E-state index in [0.29, 0.717) is 57.9 Å². The fraction of sp³-hybridized carbons (Fsp3) is 0.314. The number of fused-ring (bicyclic) bond motifs is 3. The molecule has 1 aliphatic carbocycles. The summed E-state index contributed by atoms with van der Waals surface area (Å²) < 4.78 is 18.9. The number of anilines is 1. The van der Waals surface area contributed by atoms with Crippen molar-refractivity contribution in [1.82, 2.24) is 14.8 Å². The van der Waals surface area contributed by atoms with E-state index in [4.69, 9.17) is 47.4 Å². The van der Waals surface area contributed by atoms with Crippen molar-refractivity contribution in [3.63, 3.8) is 0 Å². The molecule has 0 radical (unpaired) electrons. The highest BCUT2D eigenvalue weighted by Crippen LogP contribution is 2.57. The van der Waals surface area contributed by atoms with Crippen molar-refractivity contribution < 1.29 is 38.5 Å². The number of hydrogen-bond acceptors (Lipinski definition) is 8. The monoisotopic (exact) mass is 708 g/mol. The lowest BCUT2D eigenvalue weighted by atomic mass is 9.93. The Bertz CT molecular complexity index is 1850. The molecule has 0 unspecified atom stereocenters. The molecule has 2 aliphatic rings. The van der Waals surface area contributed by atoms with Crippen molar-refractivity contribution in [3.8, 4) is 22.6 Å². The van der Waals surface area contributed by atoms with Crippen molar-refractivity contribution in [2.75, 3.05) is 44.4 Å². The quantitative estimate of drug-likeness (QED) is 0.0870. The van der Waals surface area contributed by atoms with Gasteiger partial charge in [-0.05, 0) is 78.3 Å². The minimum Gasteiger partial charge on any atom is -0.491 e. The molecular weight excluding hydrogens is 675 g/mol. The third-order valence-corrected chi connectivity index (χ3v) is 9.18. The number of benzene rings is 3. The molecule has 12 nitrogen and oxygen atoms in total. The second-order valence-corrected chi connectivity index (χ2v) is 12.5. The first kappa shape index (κ1) is 34.1. The normalized spacial score (nSPS) is 15.9. The van der Waals surface area contributed by atoms with Crippen LogP contribution in [0.2, 0.25) is 10.0 Å². The summed E-state index contributed by atoms with van der Waals surface area (Å²) in [4.78, 5) is 41.8. The first-order valence-electron chi connectivity index (χ1n) is 15.7. The number of carboxylic acid groups (broad SMARTS) is 1. The van der Waals surface area contributed by atoms with E-state index < -0.39 is 18.6 Å². The number of halogens is 2. The maximum Gasteiger partial charge on any atom is 0.414 e. The van der Waals surface area contributed by atoms with E-state index in [1.807, 2.05) is 37.4 Å². The van der Waals surface area contributed by atoms with Crippen molar-refractivity contribution in [3.05, 3.63) is 93.7 Å². The Balaban J connectivity index is 1.09. The molecular formula is C35H34Cl2N4O8. The molecule has 0 spiro atoms. The summed E-state index contributed by atoms with van der Waals surface area (Å²) in [5.74, 6) is 0.730. The van der Waals surface area contributed by atoms with Gasteiger partial charge in [-0.2, -0.15) is 5.10 Å². The average Bonchev–Trinajstić information content (AvgIpc) is 3.74. The van der Waals surface area contributed by atoms with Crippen LogP contribution in [0.3, 0.4) is 0 Å². The number of carboxylic acids is 1. The van der Waals surface area contributed by atoms with Crippen LogP contribution in [0.1, 0.15) is 29.0 Å². The van der Waals surface area contributed by atoms with Gasteiger partial charge in [-0.25, -0.2) is 9.86 Å². The molecule has 2 atom stereocenters. The number of ether oxygens (including phenoxy) is 3. The maximum absolute atomic E-state index is 13.3. The Kier molecular flexibility index (Phi) is 10.6. The fourth-order valence-corrected chi connectivity index (χ4v) is 6.27. The van der Waals surface area contributed by atoms with Gasteiger partial charge in [-0.1, -0.05) is 41.4 Å². The summed E-state index contributed by atoms with van der Waals surface area (Å²) in [6.07, 6.45) is 4.65. The summed E-state index contributed by atoms with van der Waals surface area (Å²) in [7, 11) is 0. The summed E-state index contributed by atoms with van der Waals surface area (Å²) >= 11 is 12.7. The number of hydrogen-bond donors (Lipinski definition) is 1. The van der Waals surface area contributed by atoms with Gasteiger partial charge in [0.2, 0.25) is 6.41 Å². The molecule has 2 amide bonds. The van der Waals surface area contributed by atoms with Crippen LogP contribution < -0.4 is 14.4 Å². The number of carbonyl (C=O) groups excluding carboxylic acids is 2. The molecule has 1 N–H and O–H groups in total. The van der Waals surface area contributed by atoms with E-state index in [1.165, 1.54) is 0 Å². The van der Waals surface area contributed by atoms with Crippen molar-refractivity contribution in [2.45, 2.75) is 25.8 Å². The smallest absolute Gasteiger partial charge is 0.414 e. The molecule has 0 bridgehead atoms. The molecule has 1 fully saturated rings. The highest BCUT2D eigenvalue weighted by atomic mass is 35.5. The molecule has 1 aromatic heterocycles. The predicted molar refractivity (Wildman–Crippen MR) is 181 cm³/mol. The standard InChI is InChI=1S/C35H34Cl2N4O8/c1-22-29(36)5-3-7-32(22)47-10-11-48-35(45)41-19-23-15-28(23)34-27(4-2-6-31(34)41)25-16-38-39(18-25)17-24-14-26(8-9-30(24)37)46-12-13-49-40(21-42)20-33(43)44/h2-9,14,16,18,21,23,28H,10-13,15,17,19-20H2,1H3,(H,43,44)/t23-,28-/m0/s1. The highest BCUT2D eigenvalue weighted by Gasteiger charge is 2.48. The molecule has 0 saturated heterocycles. The molecule has 14 heteroatoms. The highest BCUT2D eigenvalue weighted by molar-refractivity contribution is 6.31. The van der Waals surface area contributed by atoms with E-state index in [2.05, 4.69) is 11.2 Å². The van der Waals surface area contributed by atoms with Crippen molar-refractivity contribution in [1.29, 1.82) is 0 Å². The summed E-state index contributed by atoms with van der Waals surface area (Å²) in [5.41, 5.74) is 5.51. The Morgan fingerprint density at radius 1 is 1.04 bits per heavy atom. The maximum atomic E-state index is 13.3. The predicted octanol–water partition coefficient (Wildman–Crippen LogP) is 6.21. The van der Waals surface area contributed by atoms with E-state index >= 15 is 0 Å². The van der Waals surface area contributed by atoms with Crippen LogP contribution in [-0.2, 0) is 25.7 Å².